The van der Waals surface area contributed by atoms with E-state index in [4.69, 9.17) is 9.98 Å². The summed E-state index contributed by atoms with van der Waals surface area (Å²) >= 11 is 0. The van der Waals surface area contributed by atoms with Crippen LogP contribution in [-0.4, -0.2) is 16.1 Å². The molecule has 1 aliphatic rings. The van der Waals surface area contributed by atoms with E-state index in [0.717, 1.165) is 44.9 Å². The van der Waals surface area contributed by atoms with E-state index in [1.54, 1.807) is 0 Å². The zero-order chi connectivity index (χ0) is 30.0. The number of hydrogen-bond acceptors (Lipinski definition) is 2. The predicted octanol–water partition coefficient (Wildman–Crippen LogP) is 10.3. The van der Waals surface area contributed by atoms with Gasteiger partial charge in [-0.1, -0.05) is 133 Å². The number of para-hydroxylation sites is 2. The summed E-state index contributed by atoms with van der Waals surface area (Å²) in [6.07, 6.45) is 2.71. The summed E-state index contributed by atoms with van der Waals surface area (Å²) in [6.45, 7) is 0. The second kappa shape index (κ2) is 11.6. The lowest BCUT2D eigenvalue weighted by Crippen LogP contribution is -2.07. The minimum Gasteiger partial charge on any atom is -0.309 e. The number of nitrogens with zero attached hydrogens (tertiary/aromatic N) is 3. The lowest BCUT2D eigenvalue weighted by molar-refractivity contribution is 1.18. The molecule has 0 fully saturated rings. The van der Waals surface area contributed by atoms with Crippen LogP contribution in [0.3, 0.4) is 0 Å². The van der Waals surface area contributed by atoms with Crippen LogP contribution in [0.2, 0.25) is 0 Å². The third kappa shape index (κ3) is 5.12. The topological polar surface area (TPSA) is 29.6 Å². The smallest absolute Gasteiger partial charge is 0.160 e. The Labute approximate surface area is 262 Å². The van der Waals surface area contributed by atoms with E-state index in [1.165, 1.54) is 21.8 Å². The highest BCUT2D eigenvalue weighted by molar-refractivity contribution is 6.14. The summed E-state index contributed by atoms with van der Waals surface area (Å²) in [6, 6.07) is 55.1. The Morgan fingerprint density at radius 3 is 1.73 bits per heavy atom. The van der Waals surface area contributed by atoms with Crippen molar-refractivity contribution in [1.82, 2.24) is 4.57 Å². The molecule has 0 saturated carbocycles. The number of amidine groups is 1. The first kappa shape index (κ1) is 26.6. The summed E-state index contributed by atoms with van der Waals surface area (Å²) in [5, 5.41) is 2.53. The molecule has 0 atom stereocenters. The molecule has 6 aromatic carbocycles. The number of aliphatic imine (C=N–C) groups is 2. The Kier molecular flexibility index (Phi) is 6.84. The molecule has 7 aromatic rings. The van der Waals surface area contributed by atoms with Gasteiger partial charge < -0.3 is 4.57 Å². The number of aromatic nitrogens is 1. The average Bonchev–Trinajstić information content (AvgIpc) is 3.44. The lowest BCUT2D eigenvalue weighted by atomic mass is 10.0. The molecule has 0 N–H and O–H groups in total. The highest BCUT2D eigenvalue weighted by Crippen LogP contribution is 2.33. The van der Waals surface area contributed by atoms with Crippen molar-refractivity contribution >= 4 is 39.1 Å². The zero-order valence-corrected chi connectivity index (χ0v) is 24.6. The Morgan fingerprint density at radius 2 is 1.04 bits per heavy atom. The monoisotopic (exact) mass is 575 g/mol. The van der Waals surface area contributed by atoms with Crippen molar-refractivity contribution in [3.05, 3.63) is 186 Å². The molecule has 0 amide bonds. The van der Waals surface area contributed by atoms with Crippen molar-refractivity contribution < 1.29 is 0 Å². The summed E-state index contributed by atoms with van der Waals surface area (Å²) in [4.78, 5) is 10.2. The van der Waals surface area contributed by atoms with Crippen LogP contribution in [0.25, 0.3) is 44.3 Å². The molecule has 1 aromatic heterocycles. The van der Waals surface area contributed by atoms with E-state index in [1.807, 2.05) is 42.5 Å². The van der Waals surface area contributed by atoms with Crippen molar-refractivity contribution in [1.29, 1.82) is 0 Å². The van der Waals surface area contributed by atoms with Gasteiger partial charge in [-0.25, -0.2) is 9.98 Å². The molecule has 0 bridgehead atoms. The molecular formula is C42H29N3. The molecular weight excluding hydrogens is 546 g/mol. The lowest BCUT2D eigenvalue weighted by Gasteiger charge is -2.12. The predicted molar refractivity (Wildman–Crippen MR) is 188 cm³/mol. The third-order valence-corrected chi connectivity index (χ3v) is 8.31. The molecule has 1 aliphatic heterocycles. The average molecular weight is 576 g/mol. The van der Waals surface area contributed by atoms with Gasteiger partial charge in [0, 0.05) is 34.0 Å². The number of allylic oxidation sites excluding steroid dienone is 1. The molecule has 3 nitrogen and oxygen atoms in total. The molecule has 212 valence electrons. The molecule has 3 heteroatoms. The van der Waals surface area contributed by atoms with Crippen molar-refractivity contribution in [3.8, 4) is 16.8 Å². The molecule has 8 rings (SSSR count). The zero-order valence-electron chi connectivity index (χ0n) is 24.6. The molecule has 0 radical (unpaired) electrons. The molecule has 0 saturated heterocycles. The SMILES string of the molecule is C1=CC/C(c2ccccc2)=N\C(c2ccccc2)=N/C=1c1cccc(-c2ccc(-n3c4ccccc4c4ccccc43)cc2)c1. The van der Waals surface area contributed by atoms with E-state index in [2.05, 4.69) is 132 Å². The van der Waals surface area contributed by atoms with Crippen molar-refractivity contribution in [2.75, 3.05) is 0 Å². The normalized spacial score (nSPS) is 15.5. The van der Waals surface area contributed by atoms with E-state index >= 15 is 0 Å². The summed E-state index contributed by atoms with van der Waals surface area (Å²) in [5.41, 5.74) is 14.1. The molecule has 45 heavy (non-hydrogen) atoms. The summed E-state index contributed by atoms with van der Waals surface area (Å²) < 4.78 is 2.35. The first-order chi connectivity index (χ1) is 22.3. The molecule has 0 aliphatic carbocycles. The maximum absolute atomic E-state index is 5.09. The largest absolute Gasteiger partial charge is 0.309 e. The maximum atomic E-state index is 5.09. The van der Waals surface area contributed by atoms with Gasteiger partial charge in [-0.2, -0.15) is 0 Å². The van der Waals surface area contributed by atoms with Crippen LogP contribution in [0.5, 0.6) is 0 Å². The van der Waals surface area contributed by atoms with Gasteiger partial charge in [0.15, 0.2) is 5.84 Å². The molecule has 0 spiro atoms. The van der Waals surface area contributed by atoms with Crippen LogP contribution >= 0.6 is 0 Å². The van der Waals surface area contributed by atoms with E-state index in [-0.39, 0.29) is 0 Å². The van der Waals surface area contributed by atoms with Crippen LogP contribution in [0.4, 0.5) is 0 Å². The Bertz CT molecular complexity index is 2240. The fraction of sp³-hybridized carbons (Fsp3) is 0.0238. The first-order valence-electron chi connectivity index (χ1n) is 15.2. The standard InChI is InChI=1S/C42H29N3/c1-3-13-31(14-4-1)38-21-12-22-39(44-42(43-38)32-15-5-2-6-16-32)34-18-11-17-33(29-34)30-25-27-35(28-26-30)45-40-23-9-7-19-36(40)37-20-8-10-24-41(37)45/h1-20,23-29H,21H2/b43-38+,44-42-. The van der Waals surface area contributed by atoms with Gasteiger partial charge in [-0.05, 0) is 53.1 Å². The van der Waals surface area contributed by atoms with Gasteiger partial charge in [0.05, 0.1) is 16.7 Å². The van der Waals surface area contributed by atoms with Gasteiger partial charge in [0.1, 0.15) is 5.70 Å². The molecule has 0 unspecified atom stereocenters. The van der Waals surface area contributed by atoms with E-state index < -0.39 is 0 Å². The quantitative estimate of drug-likeness (QED) is 0.183. The van der Waals surface area contributed by atoms with Crippen LogP contribution in [0.15, 0.2) is 180 Å². The van der Waals surface area contributed by atoms with E-state index in [0.29, 0.717) is 12.3 Å². The molecule has 2 heterocycles. The summed E-state index contributed by atoms with van der Waals surface area (Å²) in [7, 11) is 0. The van der Waals surface area contributed by atoms with Crippen LogP contribution in [0.1, 0.15) is 23.1 Å². The Balaban J connectivity index is 1.17. The van der Waals surface area contributed by atoms with Gasteiger partial charge >= 0.3 is 0 Å². The van der Waals surface area contributed by atoms with Crippen molar-refractivity contribution in [3.63, 3.8) is 0 Å². The first-order valence-corrected chi connectivity index (χ1v) is 15.2. The highest BCUT2D eigenvalue weighted by atomic mass is 15.0. The van der Waals surface area contributed by atoms with Gasteiger partial charge in [0.2, 0.25) is 0 Å². The highest BCUT2D eigenvalue weighted by Gasteiger charge is 2.14. The second-order valence-electron chi connectivity index (χ2n) is 11.1. The number of fused-ring (bicyclic) bond motifs is 3. The Morgan fingerprint density at radius 1 is 0.467 bits per heavy atom. The fourth-order valence-corrected chi connectivity index (χ4v) is 6.11. The minimum atomic E-state index is 0.670. The van der Waals surface area contributed by atoms with E-state index in [9.17, 15) is 0 Å². The van der Waals surface area contributed by atoms with Crippen LogP contribution < -0.4 is 0 Å². The van der Waals surface area contributed by atoms with Crippen LogP contribution in [0, 0.1) is 0 Å². The number of rotatable bonds is 5. The van der Waals surface area contributed by atoms with Gasteiger partial charge in [-0.15, -0.1) is 0 Å². The summed E-state index contributed by atoms with van der Waals surface area (Å²) in [5.74, 6) is 0.686. The third-order valence-electron chi connectivity index (χ3n) is 8.31. The van der Waals surface area contributed by atoms with Crippen molar-refractivity contribution in [2.24, 2.45) is 9.98 Å². The van der Waals surface area contributed by atoms with Gasteiger partial charge in [0.25, 0.3) is 0 Å². The second-order valence-corrected chi connectivity index (χ2v) is 11.1. The number of benzene rings is 6. The Hall–Kier alpha value is -6.02. The number of hydrogen-bond donors (Lipinski definition) is 0. The minimum absolute atomic E-state index is 0.670. The fourth-order valence-electron chi connectivity index (χ4n) is 6.11. The maximum Gasteiger partial charge on any atom is 0.160 e. The van der Waals surface area contributed by atoms with Crippen LogP contribution in [-0.2, 0) is 0 Å². The van der Waals surface area contributed by atoms with Gasteiger partial charge in [-0.3, -0.25) is 0 Å². The van der Waals surface area contributed by atoms with Crippen molar-refractivity contribution in [2.45, 2.75) is 6.42 Å².